The summed E-state index contributed by atoms with van der Waals surface area (Å²) in [4.78, 5) is 4.88. The Hall–Kier alpha value is -6.15. The summed E-state index contributed by atoms with van der Waals surface area (Å²) in [5.74, 6) is 0. The molecule has 0 bridgehead atoms. The molecular weight excluding hydrogens is 679 g/mol. The van der Waals surface area contributed by atoms with Crippen LogP contribution in [0.4, 0.5) is 0 Å². The van der Waals surface area contributed by atoms with E-state index in [9.17, 15) is 10.5 Å². The zero-order valence-corrected chi connectivity index (χ0v) is 29.3. The predicted octanol–water partition coefficient (Wildman–Crippen LogP) is 13.4. The first kappa shape index (κ1) is 29.7. The zero-order valence-electron chi connectivity index (χ0n) is 26.8. The number of aromatic nitrogens is 1. The SMILES string of the molecule is N#Cc1ccc2c(c1)sc1cc(-c3cc(-c4ccc(-c5nc6ccccc6s5)cc4)cc(-c4ccc5c(c4)sc4cc(C#N)ccc45)c3)ccc12. The van der Waals surface area contributed by atoms with Gasteiger partial charge in [-0.3, -0.25) is 0 Å². The van der Waals surface area contributed by atoms with Crippen molar-refractivity contribution in [3.05, 3.63) is 151 Å². The first-order chi connectivity index (χ1) is 25.1. The quantitative estimate of drug-likeness (QED) is 0.183. The van der Waals surface area contributed by atoms with Gasteiger partial charge in [0.05, 0.1) is 33.5 Å². The lowest BCUT2D eigenvalue weighted by molar-refractivity contribution is 1.47. The van der Waals surface area contributed by atoms with Crippen LogP contribution in [0.1, 0.15) is 11.1 Å². The maximum Gasteiger partial charge on any atom is 0.124 e. The fourth-order valence-electron chi connectivity index (χ4n) is 6.98. The van der Waals surface area contributed by atoms with Crippen molar-refractivity contribution in [1.82, 2.24) is 4.98 Å². The maximum absolute atomic E-state index is 9.47. The van der Waals surface area contributed by atoms with Crippen molar-refractivity contribution in [2.45, 2.75) is 0 Å². The van der Waals surface area contributed by atoms with E-state index in [1.165, 1.54) is 35.6 Å². The van der Waals surface area contributed by atoms with E-state index in [2.05, 4.69) is 121 Å². The summed E-state index contributed by atoms with van der Waals surface area (Å²) in [5, 5.41) is 24.7. The van der Waals surface area contributed by atoms with Gasteiger partial charge in [-0.05, 0) is 100 Å². The summed E-state index contributed by atoms with van der Waals surface area (Å²) in [6, 6.07) is 53.8. The number of nitriles is 2. The first-order valence-electron chi connectivity index (χ1n) is 16.5. The summed E-state index contributed by atoms with van der Waals surface area (Å²) in [6.45, 7) is 0. The van der Waals surface area contributed by atoms with Gasteiger partial charge in [-0.15, -0.1) is 34.0 Å². The van der Waals surface area contributed by atoms with Crippen LogP contribution >= 0.6 is 34.0 Å². The van der Waals surface area contributed by atoms with Crippen LogP contribution in [0.25, 0.3) is 94.5 Å². The molecule has 3 nitrogen and oxygen atoms in total. The normalized spacial score (nSPS) is 11.5. The molecule has 0 saturated carbocycles. The van der Waals surface area contributed by atoms with Crippen molar-refractivity contribution < 1.29 is 0 Å². The van der Waals surface area contributed by atoms with Crippen LogP contribution in [0.3, 0.4) is 0 Å². The molecule has 0 fully saturated rings. The molecule has 0 aliphatic rings. The van der Waals surface area contributed by atoms with E-state index in [4.69, 9.17) is 4.98 Å². The number of thiophene rings is 2. The highest BCUT2D eigenvalue weighted by Crippen LogP contribution is 2.41. The van der Waals surface area contributed by atoms with Crippen molar-refractivity contribution in [1.29, 1.82) is 10.5 Å². The van der Waals surface area contributed by atoms with Crippen LogP contribution in [0.15, 0.2) is 140 Å². The Labute approximate surface area is 305 Å². The van der Waals surface area contributed by atoms with Crippen molar-refractivity contribution in [3.63, 3.8) is 0 Å². The molecule has 0 N–H and O–H groups in total. The van der Waals surface area contributed by atoms with Gasteiger partial charge in [0.15, 0.2) is 0 Å². The lowest BCUT2D eigenvalue weighted by Gasteiger charge is -2.12. The minimum Gasteiger partial charge on any atom is -0.236 e. The monoisotopic (exact) mass is 701 g/mol. The van der Waals surface area contributed by atoms with Gasteiger partial charge in [-0.1, -0.05) is 72.8 Å². The molecule has 3 aromatic heterocycles. The van der Waals surface area contributed by atoms with E-state index < -0.39 is 0 Å². The fourth-order valence-corrected chi connectivity index (χ4v) is 10.3. The Bertz CT molecular complexity index is 2930. The molecule has 0 radical (unpaired) electrons. The van der Waals surface area contributed by atoms with Crippen LogP contribution in [0, 0.1) is 22.7 Å². The number of hydrogen-bond donors (Lipinski definition) is 0. The Balaban J connectivity index is 1.11. The molecule has 51 heavy (non-hydrogen) atoms. The topological polar surface area (TPSA) is 60.5 Å². The number of thiazole rings is 1. The van der Waals surface area contributed by atoms with Gasteiger partial charge in [0.25, 0.3) is 0 Å². The third-order valence-electron chi connectivity index (χ3n) is 9.56. The van der Waals surface area contributed by atoms with Crippen LogP contribution in [-0.2, 0) is 0 Å². The van der Waals surface area contributed by atoms with E-state index in [0.717, 1.165) is 58.9 Å². The second-order valence-corrected chi connectivity index (χ2v) is 15.8. The molecule has 0 aliphatic carbocycles. The molecule has 0 unspecified atom stereocenters. The number of hydrogen-bond acceptors (Lipinski definition) is 6. The second-order valence-electron chi connectivity index (χ2n) is 12.6. The summed E-state index contributed by atoms with van der Waals surface area (Å²) in [5.41, 5.74) is 10.4. The standard InChI is InChI=1S/C45H23N3S3/c46-24-26-5-13-35-37-15-11-30(22-43(37)49-41(35)17-26)33-19-32(28-7-9-29(10-8-28)45-48-39-3-1-2-4-40(39)51-45)20-34(21-33)31-12-16-38-36-14-6-27(25-47)18-42(36)50-44(38)23-31/h1-23H. The van der Waals surface area contributed by atoms with E-state index >= 15 is 0 Å². The molecule has 0 spiro atoms. The molecule has 0 saturated heterocycles. The molecule has 236 valence electrons. The third-order valence-corrected chi connectivity index (χ3v) is 12.9. The number of rotatable bonds is 4. The van der Waals surface area contributed by atoms with Gasteiger partial charge in [-0.2, -0.15) is 10.5 Å². The molecule has 7 aromatic carbocycles. The highest BCUT2D eigenvalue weighted by molar-refractivity contribution is 7.26. The van der Waals surface area contributed by atoms with Gasteiger partial charge < -0.3 is 0 Å². The van der Waals surface area contributed by atoms with E-state index in [1.54, 1.807) is 34.0 Å². The van der Waals surface area contributed by atoms with E-state index in [-0.39, 0.29) is 0 Å². The minimum atomic E-state index is 0.682. The Morgan fingerprint density at radius 1 is 0.373 bits per heavy atom. The van der Waals surface area contributed by atoms with Gasteiger partial charge >= 0.3 is 0 Å². The van der Waals surface area contributed by atoms with E-state index in [1.807, 2.05) is 30.3 Å². The molecule has 3 heterocycles. The van der Waals surface area contributed by atoms with Crippen LogP contribution in [0.5, 0.6) is 0 Å². The highest BCUT2D eigenvalue weighted by Gasteiger charge is 2.14. The zero-order chi connectivity index (χ0) is 34.1. The number of fused-ring (bicyclic) bond motifs is 7. The lowest BCUT2D eigenvalue weighted by Crippen LogP contribution is -1.87. The molecule has 0 atom stereocenters. The Kier molecular flexibility index (Phi) is 6.84. The molecular formula is C45H23N3S3. The van der Waals surface area contributed by atoms with Gasteiger partial charge in [0.2, 0.25) is 0 Å². The summed E-state index contributed by atoms with van der Waals surface area (Å²) in [7, 11) is 0. The Morgan fingerprint density at radius 2 is 0.824 bits per heavy atom. The van der Waals surface area contributed by atoms with Crippen molar-refractivity contribution in [3.8, 4) is 56.1 Å². The highest BCUT2D eigenvalue weighted by atomic mass is 32.1. The fraction of sp³-hybridized carbons (Fsp3) is 0. The number of para-hydroxylation sites is 1. The average molecular weight is 702 g/mol. The Morgan fingerprint density at radius 3 is 1.35 bits per heavy atom. The smallest absolute Gasteiger partial charge is 0.124 e. The lowest BCUT2D eigenvalue weighted by atomic mass is 9.92. The third kappa shape index (κ3) is 5.09. The summed E-state index contributed by atoms with van der Waals surface area (Å²) < 4.78 is 5.85. The predicted molar refractivity (Wildman–Crippen MR) is 217 cm³/mol. The summed E-state index contributed by atoms with van der Waals surface area (Å²) in [6.07, 6.45) is 0. The molecule has 10 aromatic rings. The van der Waals surface area contributed by atoms with Crippen LogP contribution in [-0.4, -0.2) is 4.98 Å². The van der Waals surface area contributed by atoms with Crippen molar-refractivity contribution in [2.24, 2.45) is 0 Å². The minimum absolute atomic E-state index is 0.682. The largest absolute Gasteiger partial charge is 0.236 e. The van der Waals surface area contributed by atoms with Crippen LogP contribution in [0.2, 0.25) is 0 Å². The van der Waals surface area contributed by atoms with Gasteiger partial charge in [0.1, 0.15) is 5.01 Å². The maximum atomic E-state index is 9.47. The first-order valence-corrected chi connectivity index (χ1v) is 18.9. The number of benzene rings is 7. The van der Waals surface area contributed by atoms with E-state index in [0.29, 0.717) is 11.1 Å². The molecule has 0 aliphatic heterocycles. The van der Waals surface area contributed by atoms with Crippen molar-refractivity contribution in [2.75, 3.05) is 0 Å². The molecule has 6 heteroatoms. The summed E-state index contributed by atoms with van der Waals surface area (Å²) >= 11 is 5.19. The number of nitrogens with zero attached hydrogens (tertiary/aromatic N) is 3. The van der Waals surface area contributed by atoms with Gasteiger partial charge in [-0.25, -0.2) is 4.98 Å². The molecule has 10 rings (SSSR count). The average Bonchev–Trinajstić information content (AvgIpc) is 3.89. The molecule has 0 amide bonds. The van der Waals surface area contributed by atoms with Gasteiger partial charge in [0, 0.05) is 45.9 Å². The van der Waals surface area contributed by atoms with Crippen LogP contribution < -0.4 is 0 Å². The second kappa shape index (κ2) is 11.7. The van der Waals surface area contributed by atoms with Crippen molar-refractivity contribution >= 4 is 84.6 Å².